The van der Waals surface area contributed by atoms with Crippen LogP contribution in [0.25, 0.3) is 0 Å². The van der Waals surface area contributed by atoms with Crippen molar-refractivity contribution in [3.8, 4) is 0 Å². The highest BCUT2D eigenvalue weighted by Gasteiger charge is 2.24. The lowest BCUT2D eigenvalue weighted by Gasteiger charge is -2.29. The summed E-state index contributed by atoms with van der Waals surface area (Å²) in [5, 5.41) is 14.7. The third kappa shape index (κ3) is 3.91. The van der Waals surface area contributed by atoms with Crippen LogP contribution in [0.2, 0.25) is 0 Å². The second kappa shape index (κ2) is 6.99. The summed E-state index contributed by atoms with van der Waals surface area (Å²) < 4.78 is 1.51. The zero-order valence-corrected chi connectivity index (χ0v) is 13.3. The zero-order valence-electron chi connectivity index (χ0n) is 13.3. The summed E-state index contributed by atoms with van der Waals surface area (Å²) in [6.07, 6.45) is 2.90. The van der Waals surface area contributed by atoms with Crippen molar-refractivity contribution in [3.05, 3.63) is 52.6 Å². The van der Waals surface area contributed by atoms with E-state index < -0.39 is 11.0 Å². The van der Waals surface area contributed by atoms with Gasteiger partial charge in [-0.05, 0) is 26.3 Å². The molecule has 8 nitrogen and oxygen atoms in total. The van der Waals surface area contributed by atoms with E-state index >= 15 is 0 Å². The minimum absolute atomic E-state index is 0.0105. The van der Waals surface area contributed by atoms with Gasteiger partial charge >= 0.3 is 0 Å². The van der Waals surface area contributed by atoms with Crippen molar-refractivity contribution in [2.75, 3.05) is 0 Å². The number of hydrogen-bond acceptors (Lipinski definition) is 5. The molecule has 1 amide bonds. The lowest BCUT2D eigenvalue weighted by molar-refractivity contribution is -0.384. The highest BCUT2D eigenvalue weighted by Crippen LogP contribution is 2.17. The van der Waals surface area contributed by atoms with Crippen LogP contribution in [0.5, 0.6) is 0 Å². The Balaban J connectivity index is 2.15. The maximum Gasteiger partial charge on any atom is 0.269 e. The number of carbonyl (C=O) groups is 1. The van der Waals surface area contributed by atoms with Gasteiger partial charge in [0, 0.05) is 24.7 Å². The number of aromatic nitrogens is 3. The van der Waals surface area contributed by atoms with Crippen molar-refractivity contribution in [2.45, 2.75) is 39.4 Å². The fraction of sp³-hybridized carbons (Fsp3) is 0.400. The number of rotatable bonds is 6. The molecule has 0 aliphatic heterocycles. The van der Waals surface area contributed by atoms with Gasteiger partial charge in [0.05, 0.1) is 4.92 Å². The molecular formula is C15H19N5O3. The molecule has 1 aromatic carbocycles. The standard InChI is InChI=1S/C15H19N5O3/c1-11(2)18(15(21)12(3)19-10-16-9-17-19)8-13-4-6-14(7-5-13)20(22)23/h4-7,9-12H,8H2,1-3H3. The monoisotopic (exact) mass is 317 g/mol. The second-order valence-corrected chi connectivity index (χ2v) is 5.53. The highest BCUT2D eigenvalue weighted by atomic mass is 16.6. The Morgan fingerprint density at radius 3 is 2.43 bits per heavy atom. The summed E-state index contributed by atoms with van der Waals surface area (Å²) in [6.45, 7) is 6.00. The molecule has 0 radical (unpaired) electrons. The quantitative estimate of drug-likeness (QED) is 0.601. The third-order valence-electron chi connectivity index (χ3n) is 3.60. The van der Waals surface area contributed by atoms with Crippen molar-refractivity contribution in [1.29, 1.82) is 0 Å². The number of nitro groups is 1. The van der Waals surface area contributed by atoms with Crippen LogP contribution in [0.1, 0.15) is 32.4 Å². The number of amides is 1. The van der Waals surface area contributed by atoms with Gasteiger partial charge in [-0.2, -0.15) is 5.10 Å². The van der Waals surface area contributed by atoms with Gasteiger partial charge in [-0.3, -0.25) is 14.9 Å². The van der Waals surface area contributed by atoms with E-state index in [1.165, 1.54) is 29.5 Å². The van der Waals surface area contributed by atoms with E-state index in [-0.39, 0.29) is 17.6 Å². The van der Waals surface area contributed by atoms with Gasteiger partial charge in [-0.25, -0.2) is 9.67 Å². The van der Waals surface area contributed by atoms with Crippen molar-refractivity contribution < 1.29 is 9.72 Å². The molecule has 122 valence electrons. The molecule has 0 saturated heterocycles. The van der Waals surface area contributed by atoms with Gasteiger partial charge in [0.25, 0.3) is 5.69 Å². The normalized spacial score (nSPS) is 12.2. The molecule has 0 aliphatic carbocycles. The Morgan fingerprint density at radius 1 is 1.30 bits per heavy atom. The first-order valence-electron chi connectivity index (χ1n) is 7.28. The molecule has 1 atom stereocenters. The molecular weight excluding hydrogens is 298 g/mol. The number of nitro benzene ring substituents is 1. The molecule has 2 aromatic rings. The summed E-state index contributed by atoms with van der Waals surface area (Å²) in [6, 6.07) is 5.75. The van der Waals surface area contributed by atoms with E-state index in [1.54, 1.807) is 24.0 Å². The number of hydrogen-bond donors (Lipinski definition) is 0. The Labute approximate surface area is 133 Å². The molecule has 1 heterocycles. The van der Waals surface area contributed by atoms with Crippen LogP contribution in [-0.4, -0.2) is 36.5 Å². The maximum absolute atomic E-state index is 12.7. The van der Waals surface area contributed by atoms with Crippen molar-refractivity contribution >= 4 is 11.6 Å². The summed E-state index contributed by atoms with van der Waals surface area (Å²) in [5.74, 6) is -0.0798. The Morgan fingerprint density at radius 2 is 1.96 bits per heavy atom. The molecule has 0 fully saturated rings. The molecule has 1 aromatic heterocycles. The predicted molar refractivity (Wildman–Crippen MR) is 83.5 cm³/mol. The van der Waals surface area contributed by atoms with Crippen LogP contribution in [-0.2, 0) is 11.3 Å². The molecule has 0 aliphatic rings. The lowest BCUT2D eigenvalue weighted by Crippen LogP contribution is -2.40. The van der Waals surface area contributed by atoms with Gasteiger partial charge in [-0.1, -0.05) is 12.1 Å². The van der Waals surface area contributed by atoms with E-state index in [2.05, 4.69) is 10.1 Å². The van der Waals surface area contributed by atoms with Gasteiger partial charge in [0.15, 0.2) is 0 Å². The van der Waals surface area contributed by atoms with E-state index in [4.69, 9.17) is 0 Å². The van der Waals surface area contributed by atoms with Crippen LogP contribution >= 0.6 is 0 Å². The zero-order chi connectivity index (χ0) is 17.0. The van der Waals surface area contributed by atoms with Crippen LogP contribution < -0.4 is 0 Å². The SMILES string of the molecule is CC(C)N(Cc1ccc([N+](=O)[O-])cc1)C(=O)C(C)n1cncn1. The van der Waals surface area contributed by atoms with Crippen molar-refractivity contribution in [1.82, 2.24) is 19.7 Å². The van der Waals surface area contributed by atoms with E-state index in [1.807, 2.05) is 13.8 Å². The Kier molecular flexibility index (Phi) is 5.05. The van der Waals surface area contributed by atoms with Crippen LogP contribution in [0.4, 0.5) is 5.69 Å². The lowest BCUT2D eigenvalue weighted by atomic mass is 10.1. The van der Waals surface area contributed by atoms with E-state index in [0.29, 0.717) is 6.54 Å². The first-order chi connectivity index (χ1) is 10.9. The average Bonchev–Trinajstić information content (AvgIpc) is 3.05. The first kappa shape index (κ1) is 16.6. The number of nitrogens with zero attached hydrogens (tertiary/aromatic N) is 5. The summed E-state index contributed by atoms with van der Waals surface area (Å²) in [5.41, 5.74) is 0.871. The second-order valence-electron chi connectivity index (χ2n) is 5.53. The Bertz CT molecular complexity index is 667. The van der Waals surface area contributed by atoms with Gasteiger partial charge in [0.1, 0.15) is 18.7 Å². The predicted octanol–water partition coefficient (Wildman–Crippen LogP) is 2.18. The highest BCUT2D eigenvalue weighted by molar-refractivity contribution is 5.80. The average molecular weight is 317 g/mol. The van der Waals surface area contributed by atoms with Crippen molar-refractivity contribution in [2.24, 2.45) is 0 Å². The van der Waals surface area contributed by atoms with E-state index in [0.717, 1.165) is 5.56 Å². The largest absolute Gasteiger partial charge is 0.334 e. The summed E-state index contributed by atoms with van der Waals surface area (Å²) >= 11 is 0. The first-order valence-corrected chi connectivity index (χ1v) is 7.28. The number of carbonyl (C=O) groups excluding carboxylic acids is 1. The molecule has 0 saturated carbocycles. The maximum atomic E-state index is 12.7. The van der Waals surface area contributed by atoms with Crippen LogP contribution in [0.15, 0.2) is 36.9 Å². The minimum Gasteiger partial charge on any atom is -0.334 e. The minimum atomic E-state index is -0.460. The molecule has 0 spiro atoms. The summed E-state index contributed by atoms with van der Waals surface area (Å²) in [7, 11) is 0. The fourth-order valence-electron chi connectivity index (χ4n) is 2.21. The Hall–Kier alpha value is -2.77. The smallest absolute Gasteiger partial charge is 0.269 e. The molecule has 23 heavy (non-hydrogen) atoms. The number of non-ortho nitro benzene ring substituents is 1. The third-order valence-corrected chi connectivity index (χ3v) is 3.60. The van der Waals surface area contributed by atoms with Gasteiger partial charge < -0.3 is 4.90 Å². The molecule has 2 rings (SSSR count). The topological polar surface area (TPSA) is 94.2 Å². The molecule has 0 N–H and O–H groups in total. The fourth-order valence-corrected chi connectivity index (χ4v) is 2.21. The van der Waals surface area contributed by atoms with Gasteiger partial charge in [-0.15, -0.1) is 0 Å². The summed E-state index contributed by atoms with van der Waals surface area (Å²) in [4.78, 5) is 28.5. The van der Waals surface area contributed by atoms with Crippen molar-refractivity contribution in [3.63, 3.8) is 0 Å². The molecule has 8 heteroatoms. The van der Waals surface area contributed by atoms with Crippen LogP contribution in [0.3, 0.4) is 0 Å². The molecule has 1 unspecified atom stereocenters. The van der Waals surface area contributed by atoms with Crippen LogP contribution in [0, 0.1) is 10.1 Å². The van der Waals surface area contributed by atoms with Gasteiger partial charge in [0.2, 0.25) is 5.91 Å². The van der Waals surface area contributed by atoms with E-state index in [9.17, 15) is 14.9 Å². The number of benzene rings is 1. The molecule has 0 bridgehead atoms.